The van der Waals surface area contributed by atoms with E-state index in [-0.39, 0.29) is 11.3 Å². The zero-order chi connectivity index (χ0) is 13.4. The fourth-order valence-corrected chi connectivity index (χ4v) is 1.94. The van der Waals surface area contributed by atoms with Crippen LogP contribution in [0.5, 0.6) is 5.75 Å². The van der Waals surface area contributed by atoms with Crippen molar-refractivity contribution in [3.63, 3.8) is 0 Å². The molecule has 0 radical (unpaired) electrons. The maximum atomic E-state index is 11.0. The van der Waals surface area contributed by atoms with Crippen LogP contribution in [0.1, 0.15) is 10.4 Å². The molecule has 1 aromatic carbocycles. The predicted molar refractivity (Wildman–Crippen MR) is 68.1 cm³/mol. The Morgan fingerprint density at radius 1 is 1.26 bits per heavy atom. The number of benzene rings is 1. The van der Waals surface area contributed by atoms with Crippen LogP contribution >= 0.6 is 0 Å². The minimum atomic E-state index is -1.20. The maximum absolute atomic E-state index is 11.0. The van der Waals surface area contributed by atoms with Crippen molar-refractivity contribution in [2.75, 3.05) is 0 Å². The van der Waals surface area contributed by atoms with E-state index in [9.17, 15) is 9.90 Å². The average molecular weight is 255 g/mol. The van der Waals surface area contributed by atoms with Crippen molar-refractivity contribution in [1.29, 1.82) is 0 Å². The monoisotopic (exact) mass is 255 g/mol. The molecule has 0 aliphatic rings. The second-order valence-corrected chi connectivity index (χ2v) is 4.04. The Bertz CT molecular complexity index is 776. The van der Waals surface area contributed by atoms with E-state index < -0.39 is 5.97 Å². The molecule has 2 aromatic heterocycles. The number of hydrogen-bond acceptors (Lipinski definition) is 4. The number of furan rings is 1. The molecule has 2 N–H and O–H groups in total. The number of carboxylic acid groups (broad SMARTS) is 1. The zero-order valence-electron chi connectivity index (χ0n) is 9.70. The van der Waals surface area contributed by atoms with Crippen LogP contribution in [0.2, 0.25) is 0 Å². The SMILES string of the molecule is O=C(O)c1cc(-c2coc3ccccc23)ncc1O. The van der Waals surface area contributed by atoms with Gasteiger partial charge in [0, 0.05) is 10.9 Å². The van der Waals surface area contributed by atoms with Crippen LogP contribution in [0.4, 0.5) is 0 Å². The summed E-state index contributed by atoms with van der Waals surface area (Å²) in [6.45, 7) is 0. The van der Waals surface area contributed by atoms with Crippen LogP contribution in [0.15, 0.2) is 47.2 Å². The largest absolute Gasteiger partial charge is 0.505 e. The maximum Gasteiger partial charge on any atom is 0.339 e. The van der Waals surface area contributed by atoms with E-state index in [2.05, 4.69) is 4.98 Å². The summed E-state index contributed by atoms with van der Waals surface area (Å²) in [7, 11) is 0. The molecular formula is C14H9NO4. The molecule has 0 atom stereocenters. The third kappa shape index (κ3) is 1.81. The first-order valence-electron chi connectivity index (χ1n) is 5.56. The van der Waals surface area contributed by atoms with Gasteiger partial charge in [0.1, 0.15) is 23.2 Å². The van der Waals surface area contributed by atoms with Crippen molar-refractivity contribution in [2.24, 2.45) is 0 Å². The Labute approximate surface area is 107 Å². The highest BCUT2D eigenvalue weighted by Crippen LogP contribution is 2.31. The number of pyridine rings is 1. The fourth-order valence-electron chi connectivity index (χ4n) is 1.94. The first-order chi connectivity index (χ1) is 9.16. The average Bonchev–Trinajstić information content (AvgIpc) is 2.83. The van der Waals surface area contributed by atoms with Gasteiger partial charge in [0.2, 0.25) is 0 Å². The van der Waals surface area contributed by atoms with Crippen molar-refractivity contribution in [3.05, 3.63) is 48.4 Å². The van der Waals surface area contributed by atoms with Crippen LogP contribution in [0.3, 0.4) is 0 Å². The molecule has 0 aliphatic heterocycles. The van der Waals surface area contributed by atoms with Gasteiger partial charge in [0.05, 0.1) is 11.9 Å². The molecule has 0 spiro atoms. The number of carboxylic acids is 1. The Balaban J connectivity index is 2.22. The molecule has 0 aliphatic carbocycles. The molecule has 0 saturated heterocycles. The number of aromatic nitrogens is 1. The van der Waals surface area contributed by atoms with Crippen LogP contribution in [0, 0.1) is 0 Å². The van der Waals surface area contributed by atoms with Gasteiger partial charge in [0.15, 0.2) is 0 Å². The van der Waals surface area contributed by atoms with E-state index in [1.165, 1.54) is 12.3 Å². The Kier molecular flexibility index (Phi) is 2.45. The minimum absolute atomic E-state index is 0.185. The van der Waals surface area contributed by atoms with Gasteiger partial charge < -0.3 is 14.6 Å². The van der Waals surface area contributed by atoms with E-state index >= 15 is 0 Å². The lowest BCUT2D eigenvalue weighted by atomic mass is 10.1. The Morgan fingerprint density at radius 3 is 2.84 bits per heavy atom. The molecular weight excluding hydrogens is 246 g/mol. The third-order valence-corrected chi connectivity index (χ3v) is 2.87. The van der Waals surface area contributed by atoms with E-state index in [1.807, 2.05) is 24.3 Å². The van der Waals surface area contributed by atoms with Gasteiger partial charge in [-0.3, -0.25) is 4.98 Å². The first-order valence-corrected chi connectivity index (χ1v) is 5.56. The van der Waals surface area contributed by atoms with E-state index in [0.29, 0.717) is 16.8 Å². The van der Waals surface area contributed by atoms with E-state index in [0.717, 1.165) is 11.6 Å². The van der Waals surface area contributed by atoms with Gasteiger partial charge in [-0.1, -0.05) is 18.2 Å². The summed E-state index contributed by atoms with van der Waals surface area (Å²) in [6.07, 6.45) is 2.65. The molecule has 19 heavy (non-hydrogen) atoms. The number of rotatable bonds is 2. The molecule has 3 aromatic rings. The van der Waals surface area contributed by atoms with Crippen molar-refractivity contribution < 1.29 is 19.4 Å². The number of para-hydroxylation sites is 1. The summed E-state index contributed by atoms with van der Waals surface area (Å²) in [5.41, 5.74) is 1.65. The van der Waals surface area contributed by atoms with Crippen LogP contribution in [-0.4, -0.2) is 21.2 Å². The third-order valence-electron chi connectivity index (χ3n) is 2.87. The molecule has 5 heteroatoms. The van der Waals surface area contributed by atoms with Crippen molar-refractivity contribution >= 4 is 16.9 Å². The molecule has 0 unspecified atom stereocenters. The highest BCUT2D eigenvalue weighted by atomic mass is 16.4. The minimum Gasteiger partial charge on any atom is -0.505 e. The highest BCUT2D eigenvalue weighted by molar-refractivity contribution is 5.96. The topological polar surface area (TPSA) is 83.6 Å². The molecule has 0 saturated carbocycles. The van der Waals surface area contributed by atoms with Crippen LogP contribution in [-0.2, 0) is 0 Å². The summed E-state index contributed by atoms with van der Waals surface area (Å²) in [5, 5.41) is 19.3. The number of hydrogen-bond donors (Lipinski definition) is 2. The normalized spacial score (nSPS) is 10.7. The molecule has 3 rings (SSSR count). The number of aromatic carboxylic acids is 1. The molecule has 0 fully saturated rings. The van der Waals surface area contributed by atoms with E-state index in [1.54, 1.807) is 0 Å². The standard InChI is InChI=1S/C14H9NO4/c16-12-6-15-11(5-9(12)14(17)18)10-7-19-13-4-2-1-3-8(10)13/h1-7,16H,(H,17,18). The summed E-state index contributed by atoms with van der Waals surface area (Å²) >= 11 is 0. The number of nitrogens with zero attached hydrogens (tertiary/aromatic N) is 1. The zero-order valence-corrected chi connectivity index (χ0v) is 9.70. The summed E-state index contributed by atoms with van der Waals surface area (Å²) in [6, 6.07) is 8.72. The van der Waals surface area contributed by atoms with Crippen LogP contribution in [0.25, 0.3) is 22.2 Å². The number of aromatic hydroxyl groups is 1. The van der Waals surface area contributed by atoms with E-state index in [4.69, 9.17) is 9.52 Å². The van der Waals surface area contributed by atoms with Gasteiger partial charge in [-0.15, -0.1) is 0 Å². The van der Waals surface area contributed by atoms with Gasteiger partial charge in [-0.05, 0) is 12.1 Å². The van der Waals surface area contributed by atoms with Crippen molar-refractivity contribution in [2.45, 2.75) is 0 Å². The lowest BCUT2D eigenvalue weighted by molar-refractivity contribution is 0.0693. The second kappa shape index (κ2) is 4.13. The summed E-state index contributed by atoms with van der Waals surface area (Å²) in [5.74, 6) is -1.56. The van der Waals surface area contributed by atoms with Gasteiger partial charge in [0.25, 0.3) is 0 Å². The molecule has 0 bridgehead atoms. The predicted octanol–water partition coefficient (Wildman–Crippen LogP) is 2.90. The molecule has 2 heterocycles. The van der Waals surface area contributed by atoms with Crippen molar-refractivity contribution in [1.82, 2.24) is 4.98 Å². The first kappa shape index (κ1) is 11.3. The number of carbonyl (C=O) groups is 1. The number of fused-ring (bicyclic) bond motifs is 1. The second-order valence-electron chi connectivity index (χ2n) is 4.04. The van der Waals surface area contributed by atoms with Gasteiger partial charge in [-0.25, -0.2) is 4.79 Å². The molecule has 94 valence electrons. The van der Waals surface area contributed by atoms with Crippen molar-refractivity contribution in [3.8, 4) is 17.0 Å². The lowest BCUT2D eigenvalue weighted by Gasteiger charge is -2.02. The van der Waals surface area contributed by atoms with Gasteiger partial charge in [-0.2, -0.15) is 0 Å². The smallest absolute Gasteiger partial charge is 0.339 e. The quantitative estimate of drug-likeness (QED) is 0.735. The Hall–Kier alpha value is -2.82. The van der Waals surface area contributed by atoms with Crippen LogP contribution < -0.4 is 0 Å². The Morgan fingerprint density at radius 2 is 2.05 bits per heavy atom. The highest BCUT2D eigenvalue weighted by Gasteiger charge is 2.14. The molecule has 0 amide bonds. The van der Waals surface area contributed by atoms with Gasteiger partial charge >= 0.3 is 5.97 Å². The lowest BCUT2D eigenvalue weighted by Crippen LogP contribution is -1.98. The summed E-state index contributed by atoms with van der Waals surface area (Å²) < 4.78 is 5.38. The molecule has 5 nitrogen and oxygen atoms in total. The fraction of sp³-hybridized carbons (Fsp3) is 0. The summed E-state index contributed by atoms with van der Waals surface area (Å²) in [4.78, 5) is 15.0.